The van der Waals surface area contributed by atoms with E-state index in [4.69, 9.17) is 10.8 Å². The molecule has 1 saturated carbocycles. The molecule has 0 amide bonds. The van der Waals surface area contributed by atoms with E-state index in [2.05, 4.69) is 25.1 Å². The zero-order valence-corrected chi connectivity index (χ0v) is 12.8. The number of para-hydroxylation sites is 1. The van der Waals surface area contributed by atoms with E-state index in [0.29, 0.717) is 5.92 Å². The van der Waals surface area contributed by atoms with Crippen molar-refractivity contribution >= 4 is 0 Å². The second-order valence-electron chi connectivity index (χ2n) is 6.25. The maximum absolute atomic E-state index is 6.50. The minimum absolute atomic E-state index is 0.0734. The zero-order valence-electron chi connectivity index (χ0n) is 12.8. The predicted octanol–water partition coefficient (Wildman–Crippen LogP) is 4.09. The molecule has 1 heterocycles. The molecule has 3 heteroatoms. The lowest BCUT2D eigenvalue weighted by Gasteiger charge is -2.31. The maximum Gasteiger partial charge on any atom is 0.0799 e. The van der Waals surface area contributed by atoms with E-state index in [1.165, 1.54) is 32.1 Å². The average molecular weight is 283 g/mol. The highest BCUT2D eigenvalue weighted by Crippen LogP contribution is 2.36. The highest BCUT2D eigenvalue weighted by Gasteiger charge is 2.27. The van der Waals surface area contributed by atoms with Gasteiger partial charge in [-0.3, -0.25) is 0 Å². The van der Waals surface area contributed by atoms with E-state index in [-0.39, 0.29) is 6.04 Å². The van der Waals surface area contributed by atoms with Gasteiger partial charge in [0.15, 0.2) is 0 Å². The quantitative estimate of drug-likeness (QED) is 0.918. The van der Waals surface area contributed by atoms with Crippen LogP contribution in [0.15, 0.2) is 42.6 Å². The third-order valence-electron chi connectivity index (χ3n) is 4.88. The second-order valence-corrected chi connectivity index (χ2v) is 6.25. The van der Waals surface area contributed by atoms with Crippen LogP contribution in [0.4, 0.5) is 0 Å². The van der Waals surface area contributed by atoms with Crippen LogP contribution in [0.25, 0.3) is 5.69 Å². The molecule has 3 rings (SSSR count). The normalized spacial score (nSPS) is 23.9. The summed E-state index contributed by atoms with van der Waals surface area (Å²) >= 11 is 0. The van der Waals surface area contributed by atoms with E-state index in [1.54, 1.807) is 0 Å². The molecular weight excluding hydrogens is 258 g/mol. The van der Waals surface area contributed by atoms with Crippen molar-refractivity contribution in [2.75, 3.05) is 0 Å². The van der Waals surface area contributed by atoms with Crippen molar-refractivity contribution in [3.63, 3.8) is 0 Å². The molecule has 0 aliphatic heterocycles. The number of hydrogen-bond acceptors (Lipinski definition) is 2. The van der Waals surface area contributed by atoms with E-state index >= 15 is 0 Å². The van der Waals surface area contributed by atoms with Gasteiger partial charge >= 0.3 is 0 Å². The first-order valence-corrected chi connectivity index (χ1v) is 8.14. The first-order valence-electron chi connectivity index (χ1n) is 8.14. The molecule has 0 spiro atoms. The van der Waals surface area contributed by atoms with Gasteiger partial charge in [-0.2, -0.15) is 5.10 Å². The summed E-state index contributed by atoms with van der Waals surface area (Å²) in [5.74, 6) is 1.44. The van der Waals surface area contributed by atoms with Gasteiger partial charge in [-0.15, -0.1) is 0 Å². The number of rotatable bonds is 4. The highest BCUT2D eigenvalue weighted by atomic mass is 15.3. The Balaban J connectivity index is 1.73. The van der Waals surface area contributed by atoms with Crippen molar-refractivity contribution in [3.8, 4) is 5.69 Å². The van der Waals surface area contributed by atoms with Crippen LogP contribution >= 0.6 is 0 Å². The van der Waals surface area contributed by atoms with Gasteiger partial charge in [0.25, 0.3) is 0 Å². The monoisotopic (exact) mass is 283 g/mol. The topological polar surface area (TPSA) is 43.8 Å². The Morgan fingerprint density at radius 3 is 2.81 bits per heavy atom. The second kappa shape index (κ2) is 6.44. The van der Waals surface area contributed by atoms with Crippen LogP contribution in [0.5, 0.6) is 0 Å². The zero-order chi connectivity index (χ0) is 14.7. The van der Waals surface area contributed by atoms with Gasteiger partial charge in [-0.1, -0.05) is 44.4 Å². The van der Waals surface area contributed by atoms with Crippen molar-refractivity contribution in [1.29, 1.82) is 0 Å². The van der Waals surface area contributed by atoms with Gasteiger partial charge < -0.3 is 5.73 Å². The third kappa shape index (κ3) is 3.18. The number of nitrogens with two attached hydrogens (primary N) is 1. The van der Waals surface area contributed by atoms with Gasteiger partial charge in [-0.05, 0) is 42.9 Å². The number of nitrogens with zero attached hydrogens (tertiary/aromatic N) is 2. The Labute approximate surface area is 127 Å². The van der Waals surface area contributed by atoms with E-state index < -0.39 is 0 Å². The molecule has 1 aromatic carbocycles. The predicted molar refractivity (Wildman–Crippen MR) is 86.2 cm³/mol. The Morgan fingerprint density at radius 2 is 2.05 bits per heavy atom. The molecule has 3 atom stereocenters. The molecule has 21 heavy (non-hydrogen) atoms. The average Bonchev–Trinajstić information content (AvgIpc) is 3.05. The van der Waals surface area contributed by atoms with Gasteiger partial charge in [0.2, 0.25) is 0 Å². The molecule has 1 fully saturated rings. The van der Waals surface area contributed by atoms with Crippen molar-refractivity contribution < 1.29 is 0 Å². The molecule has 3 nitrogen and oxygen atoms in total. The molecule has 0 radical (unpaired) electrons. The summed E-state index contributed by atoms with van der Waals surface area (Å²) in [6.07, 6.45) is 8.49. The van der Waals surface area contributed by atoms with Crippen LogP contribution in [0.1, 0.15) is 50.8 Å². The number of aromatic nitrogens is 2. The van der Waals surface area contributed by atoms with Crippen molar-refractivity contribution in [3.05, 3.63) is 48.3 Å². The molecule has 0 saturated heterocycles. The van der Waals surface area contributed by atoms with E-state index in [1.807, 2.05) is 29.1 Å². The lowest BCUT2D eigenvalue weighted by molar-refractivity contribution is 0.228. The summed E-state index contributed by atoms with van der Waals surface area (Å²) in [5.41, 5.74) is 8.62. The molecule has 1 aliphatic carbocycles. The fourth-order valence-corrected chi connectivity index (χ4v) is 3.51. The standard InChI is InChI=1S/C18H25N3/c1-2-14-7-6-8-15(13-14)18(19)17-11-12-21(20-17)16-9-4-3-5-10-16/h3-5,9-12,14-15,18H,2,6-8,13,19H2,1H3. The lowest BCUT2D eigenvalue weighted by Crippen LogP contribution is -2.27. The first-order chi connectivity index (χ1) is 10.3. The molecular formula is C18H25N3. The maximum atomic E-state index is 6.50. The van der Waals surface area contributed by atoms with Crippen LogP contribution in [0.3, 0.4) is 0 Å². The van der Waals surface area contributed by atoms with Gasteiger partial charge in [0.1, 0.15) is 0 Å². The summed E-state index contributed by atoms with van der Waals surface area (Å²) < 4.78 is 1.93. The Morgan fingerprint density at radius 1 is 1.24 bits per heavy atom. The minimum Gasteiger partial charge on any atom is -0.322 e. The highest BCUT2D eigenvalue weighted by molar-refractivity contribution is 5.30. The summed E-state index contributed by atoms with van der Waals surface area (Å²) in [6, 6.07) is 12.4. The Kier molecular flexibility index (Phi) is 4.39. The molecule has 3 unspecified atom stereocenters. The molecule has 1 aromatic heterocycles. The Bertz CT molecular complexity index is 561. The van der Waals surface area contributed by atoms with Gasteiger partial charge in [-0.25, -0.2) is 4.68 Å². The fourth-order valence-electron chi connectivity index (χ4n) is 3.51. The smallest absolute Gasteiger partial charge is 0.0799 e. The van der Waals surface area contributed by atoms with Crippen LogP contribution in [-0.4, -0.2) is 9.78 Å². The number of benzene rings is 1. The molecule has 0 bridgehead atoms. The van der Waals surface area contributed by atoms with Crippen molar-refractivity contribution in [2.24, 2.45) is 17.6 Å². The fraction of sp³-hybridized carbons (Fsp3) is 0.500. The summed E-state index contributed by atoms with van der Waals surface area (Å²) in [5, 5.41) is 4.70. The largest absolute Gasteiger partial charge is 0.322 e. The summed E-state index contributed by atoms with van der Waals surface area (Å²) in [4.78, 5) is 0. The molecule has 112 valence electrons. The van der Waals surface area contributed by atoms with Gasteiger partial charge in [0, 0.05) is 6.20 Å². The van der Waals surface area contributed by atoms with Crippen LogP contribution in [-0.2, 0) is 0 Å². The van der Waals surface area contributed by atoms with Crippen LogP contribution in [0.2, 0.25) is 0 Å². The lowest BCUT2D eigenvalue weighted by atomic mass is 9.76. The third-order valence-corrected chi connectivity index (χ3v) is 4.88. The van der Waals surface area contributed by atoms with Crippen LogP contribution in [0, 0.1) is 11.8 Å². The Hall–Kier alpha value is -1.61. The van der Waals surface area contributed by atoms with Crippen LogP contribution < -0.4 is 5.73 Å². The van der Waals surface area contributed by atoms with Gasteiger partial charge in [0.05, 0.1) is 17.4 Å². The molecule has 1 aliphatic rings. The van der Waals surface area contributed by atoms with Crippen molar-refractivity contribution in [1.82, 2.24) is 9.78 Å². The molecule has 2 N–H and O–H groups in total. The van der Waals surface area contributed by atoms with E-state index in [9.17, 15) is 0 Å². The summed E-state index contributed by atoms with van der Waals surface area (Å²) in [7, 11) is 0. The SMILES string of the molecule is CCC1CCCC(C(N)c2ccn(-c3ccccc3)n2)C1. The molecule has 2 aromatic rings. The first kappa shape index (κ1) is 14.3. The minimum atomic E-state index is 0.0734. The summed E-state index contributed by atoms with van der Waals surface area (Å²) in [6.45, 7) is 2.29. The van der Waals surface area contributed by atoms with Crippen molar-refractivity contribution in [2.45, 2.75) is 45.1 Å². The number of hydrogen-bond donors (Lipinski definition) is 1. The van der Waals surface area contributed by atoms with E-state index in [0.717, 1.165) is 17.3 Å².